The number of hydrogen-bond acceptors (Lipinski definition) is 5. The number of pyridine rings is 1. The molecule has 5 aromatic rings. The van der Waals surface area contributed by atoms with Gasteiger partial charge in [-0.3, -0.25) is 4.79 Å². The van der Waals surface area contributed by atoms with Crippen molar-refractivity contribution in [3.8, 4) is 17.2 Å². The van der Waals surface area contributed by atoms with Gasteiger partial charge in [0.25, 0.3) is 0 Å². The van der Waals surface area contributed by atoms with Gasteiger partial charge in [0.2, 0.25) is 5.91 Å². The molecule has 1 aliphatic heterocycles. The molecule has 0 radical (unpaired) electrons. The minimum atomic E-state index is -1.07. The molecule has 1 aliphatic rings. The topological polar surface area (TPSA) is 93.9 Å². The van der Waals surface area contributed by atoms with Gasteiger partial charge in [0.1, 0.15) is 28.5 Å². The van der Waals surface area contributed by atoms with Crippen molar-refractivity contribution in [2.75, 3.05) is 13.7 Å². The van der Waals surface area contributed by atoms with E-state index in [0.29, 0.717) is 25.2 Å². The van der Waals surface area contributed by atoms with E-state index in [9.17, 15) is 14.7 Å². The summed E-state index contributed by atoms with van der Waals surface area (Å²) >= 11 is 0. The minimum Gasteiger partial charge on any atom is -0.496 e. The maximum atomic E-state index is 13.4. The molecule has 0 saturated carbocycles. The summed E-state index contributed by atoms with van der Waals surface area (Å²) in [5, 5.41) is 10.5. The lowest BCUT2D eigenvalue weighted by Gasteiger charge is -2.29. The first-order valence-electron chi connectivity index (χ1n) is 13.4. The zero-order valence-corrected chi connectivity index (χ0v) is 22.6. The number of para-hydroxylation sites is 1. The number of carboxylic acid groups (broad SMARTS) is 1. The van der Waals surface area contributed by atoms with E-state index in [-0.39, 0.29) is 23.6 Å². The van der Waals surface area contributed by atoms with Crippen LogP contribution in [0.15, 0.2) is 91.1 Å². The first kappa shape index (κ1) is 26.1. The Kier molecular flexibility index (Phi) is 7.12. The second-order valence-electron chi connectivity index (χ2n) is 10.0. The molecule has 3 aromatic carbocycles. The highest BCUT2D eigenvalue weighted by atomic mass is 16.5. The second kappa shape index (κ2) is 11.2. The molecule has 0 spiro atoms. The van der Waals surface area contributed by atoms with Crippen LogP contribution in [-0.4, -0.2) is 45.1 Å². The molecule has 3 heterocycles. The van der Waals surface area contributed by atoms with Gasteiger partial charge < -0.3 is 24.0 Å². The predicted octanol–water partition coefficient (Wildman–Crippen LogP) is 5.71. The molecule has 0 bridgehead atoms. The summed E-state index contributed by atoms with van der Waals surface area (Å²) in [4.78, 5) is 31.4. The molecule has 0 aliphatic carbocycles. The second-order valence-corrected chi connectivity index (χ2v) is 10.0. The number of ether oxygens (including phenoxy) is 2. The van der Waals surface area contributed by atoms with Crippen molar-refractivity contribution in [3.05, 3.63) is 119 Å². The SMILES string of the molecule is COc1cc(CC(=O)N2CCc3c(n(Cc4ccc(Oc5ccccc5)cc4)c4ncccc34)C2)ccc1C(=O)O. The standard InChI is InChI=1S/C33H29N3O5/c1-40-30-18-23(11-14-28(30)33(38)39)19-31(37)35-17-15-26-27-8-5-16-34-32(27)36(29(26)21-35)20-22-9-12-25(13-10-22)41-24-6-3-2-4-7-24/h2-14,16,18H,15,17,19-21H2,1H3,(H,38,39). The molecule has 6 rings (SSSR count). The Balaban J connectivity index is 1.23. The summed E-state index contributed by atoms with van der Waals surface area (Å²) in [6, 6.07) is 26.6. The van der Waals surface area contributed by atoms with E-state index in [1.54, 1.807) is 18.3 Å². The predicted molar refractivity (Wildman–Crippen MR) is 155 cm³/mol. The average Bonchev–Trinajstić information content (AvgIpc) is 3.31. The summed E-state index contributed by atoms with van der Waals surface area (Å²) in [7, 11) is 1.43. The Hall–Kier alpha value is -5.11. The van der Waals surface area contributed by atoms with Crippen LogP contribution in [-0.2, 0) is 30.7 Å². The number of hydrogen-bond donors (Lipinski definition) is 1. The van der Waals surface area contributed by atoms with Gasteiger partial charge in [-0.25, -0.2) is 9.78 Å². The fraction of sp³-hybridized carbons (Fsp3) is 0.182. The van der Waals surface area contributed by atoms with Crippen LogP contribution in [0.25, 0.3) is 11.0 Å². The van der Waals surface area contributed by atoms with E-state index >= 15 is 0 Å². The fourth-order valence-corrected chi connectivity index (χ4v) is 5.42. The summed E-state index contributed by atoms with van der Waals surface area (Å²) in [6.07, 6.45) is 2.70. The quantitative estimate of drug-likeness (QED) is 0.267. The third kappa shape index (κ3) is 5.36. The number of aromatic nitrogens is 2. The third-order valence-corrected chi connectivity index (χ3v) is 7.46. The molecule has 1 amide bonds. The zero-order chi connectivity index (χ0) is 28.3. The van der Waals surface area contributed by atoms with E-state index in [1.807, 2.05) is 53.4 Å². The maximum Gasteiger partial charge on any atom is 0.339 e. The van der Waals surface area contributed by atoms with Crippen LogP contribution in [0.4, 0.5) is 0 Å². The number of nitrogens with zero attached hydrogens (tertiary/aromatic N) is 3. The highest BCUT2D eigenvalue weighted by Crippen LogP contribution is 2.31. The Bertz CT molecular complexity index is 1730. The van der Waals surface area contributed by atoms with E-state index in [4.69, 9.17) is 14.5 Å². The molecule has 0 saturated heterocycles. The Morgan fingerprint density at radius 1 is 0.927 bits per heavy atom. The Morgan fingerprint density at radius 2 is 1.68 bits per heavy atom. The number of methoxy groups -OCH3 is 1. The van der Waals surface area contributed by atoms with Gasteiger partial charge in [0, 0.05) is 30.4 Å². The van der Waals surface area contributed by atoms with Crippen molar-refractivity contribution in [2.45, 2.75) is 25.9 Å². The van der Waals surface area contributed by atoms with Crippen molar-refractivity contribution in [1.29, 1.82) is 0 Å². The monoisotopic (exact) mass is 547 g/mol. The smallest absolute Gasteiger partial charge is 0.339 e. The van der Waals surface area contributed by atoms with Crippen LogP contribution < -0.4 is 9.47 Å². The lowest BCUT2D eigenvalue weighted by molar-refractivity contribution is -0.131. The van der Waals surface area contributed by atoms with Gasteiger partial charge in [-0.2, -0.15) is 0 Å². The molecule has 8 nitrogen and oxygen atoms in total. The van der Waals surface area contributed by atoms with Crippen LogP contribution >= 0.6 is 0 Å². The van der Waals surface area contributed by atoms with Gasteiger partial charge in [-0.1, -0.05) is 36.4 Å². The van der Waals surface area contributed by atoms with E-state index in [1.165, 1.54) is 18.7 Å². The number of benzene rings is 3. The fourth-order valence-electron chi connectivity index (χ4n) is 5.42. The maximum absolute atomic E-state index is 13.4. The number of carboxylic acids is 1. The van der Waals surface area contributed by atoms with Gasteiger partial charge in [0.15, 0.2) is 0 Å². The van der Waals surface area contributed by atoms with Crippen LogP contribution in [0, 0.1) is 0 Å². The van der Waals surface area contributed by atoms with Gasteiger partial charge in [-0.05, 0) is 71.6 Å². The Morgan fingerprint density at radius 3 is 2.44 bits per heavy atom. The minimum absolute atomic E-state index is 0.0204. The first-order chi connectivity index (χ1) is 20.0. The number of amides is 1. The molecule has 0 atom stereocenters. The third-order valence-electron chi connectivity index (χ3n) is 7.46. The Labute approximate surface area is 237 Å². The summed E-state index contributed by atoms with van der Waals surface area (Å²) in [5.41, 5.74) is 5.11. The summed E-state index contributed by atoms with van der Waals surface area (Å²) in [6.45, 7) is 1.70. The number of carbonyl (C=O) groups is 2. The average molecular weight is 548 g/mol. The van der Waals surface area contributed by atoms with Crippen molar-refractivity contribution >= 4 is 22.9 Å². The summed E-state index contributed by atoms with van der Waals surface area (Å²) < 4.78 is 13.4. The molecule has 8 heteroatoms. The molecule has 0 fully saturated rings. The largest absolute Gasteiger partial charge is 0.496 e. The molecule has 1 N–H and O–H groups in total. The van der Waals surface area contributed by atoms with Crippen molar-refractivity contribution in [1.82, 2.24) is 14.5 Å². The van der Waals surface area contributed by atoms with Gasteiger partial charge >= 0.3 is 5.97 Å². The van der Waals surface area contributed by atoms with Crippen LogP contribution in [0.5, 0.6) is 17.2 Å². The van der Waals surface area contributed by atoms with Crippen LogP contribution in [0.3, 0.4) is 0 Å². The van der Waals surface area contributed by atoms with Gasteiger partial charge in [0.05, 0.1) is 20.1 Å². The summed E-state index contributed by atoms with van der Waals surface area (Å²) in [5.74, 6) is 0.712. The van der Waals surface area contributed by atoms with E-state index in [0.717, 1.165) is 40.2 Å². The lowest BCUT2D eigenvalue weighted by Crippen LogP contribution is -2.37. The van der Waals surface area contributed by atoms with Crippen molar-refractivity contribution < 1.29 is 24.2 Å². The molecule has 0 unspecified atom stereocenters. The van der Waals surface area contributed by atoms with E-state index < -0.39 is 5.97 Å². The van der Waals surface area contributed by atoms with Crippen molar-refractivity contribution in [2.24, 2.45) is 0 Å². The highest BCUT2D eigenvalue weighted by Gasteiger charge is 2.27. The molecular formula is C33H29N3O5. The number of aromatic carboxylic acids is 1. The van der Waals surface area contributed by atoms with Crippen LogP contribution in [0.1, 0.15) is 32.7 Å². The number of fused-ring (bicyclic) bond motifs is 3. The molecular weight excluding hydrogens is 518 g/mol. The first-order valence-corrected chi connectivity index (χ1v) is 13.4. The zero-order valence-electron chi connectivity index (χ0n) is 22.6. The molecule has 206 valence electrons. The normalized spacial score (nSPS) is 12.7. The number of carbonyl (C=O) groups excluding carboxylic acids is 1. The molecule has 41 heavy (non-hydrogen) atoms. The van der Waals surface area contributed by atoms with E-state index in [2.05, 4.69) is 22.8 Å². The highest BCUT2D eigenvalue weighted by molar-refractivity contribution is 5.91. The number of rotatable bonds is 8. The van der Waals surface area contributed by atoms with Crippen LogP contribution in [0.2, 0.25) is 0 Å². The van der Waals surface area contributed by atoms with Crippen molar-refractivity contribution in [3.63, 3.8) is 0 Å². The molecule has 2 aromatic heterocycles. The lowest BCUT2D eigenvalue weighted by atomic mass is 10.0. The van der Waals surface area contributed by atoms with Gasteiger partial charge in [-0.15, -0.1) is 0 Å².